The van der Waals surface area contributed by atoms with Crippen LogP contribution in [0.4, 0.5) is 11.4 Å². The number of benzene rings is 2. The summed E-state index contributed by atoms with van der Waals surface area (Å²) < 4.78 is 6.01. The van der Waals surface area contributed by atoms with Crippen LogP contribution in [0.2, 0.25) is 0 Å². The van der Waals surface area contributed by atoms with Gasteiger partial charge in [0.05, 0.1) is 21.8 Å². The molecule has 3 aromatic rings. The van der Waals surface area contributed by atoms with Crippen LogP contribution in [0.1, 0.15) is 11.3 Å². The van der Waals surface area contributed by atoms with E-state index in [2.05, 4.69) is 64.1 Å². The lowest BCUT2D eigenvalue weighted by Gasteiger charge is -2.31. The molecule has 0 saturated carbocycles. The molecule has 2 aliphatic rings. The van der Waals surface area contributed by atoms with Crippen molar-refractivity contribution in [2.24, 2.45) is 0 Å². The minimum Gasteiger partial charge on any atom is -0.367 e. The van der Waals surface area contributed by atoms with Crippen LogP contribution >= 0.6 is 11.5 Å². The molecular formula is C20H20N4S. The number of rotatable bonds is 3. The van der Waals surface area contributed by atoms with E-state index in [-0.39, 0.29) is 0 Å². The first kappa shape index (κ1) is 14.9. The van der Waals surface area contributed by atoms with Gasteiger partial charge in [0.25, 0.3) is 0 Å². The minimum absolute atomic E-state index is 0.959. The summed E-state index contributed by atoms with van der Waals surface area (Å²) in [6.07, 6.45) is 3.23. The minimum atomic E-state index is 0.959. The fourth-order valence-electron chi connectivity index (χ4n) is 3.74. The van der Waals surface area contributed by atoms with Crippen molar-refractivity contribution >= 4 is 38.7 Å². The summed E-state index contributed by atoms with van der Waals surface area (Å²) in [6, 6.07) is 15.1. The van der Waals surface area contributed by atoms with Gasteiger partial charge in [-0.05, 0) is 41.7 Å². The molecule has 0 radical (unpaired) electrons. The first-order chi connectivity index (χ1) is 12.4. The van der Waals surface area contributed by atoms with E-state index in [0.717, 1.165) is 49.7 Å². The smallest absolute Gasteiger partial charge is 0.108 e. The highest BCUT2D eigenvalue weighted by Crippen LogP contribution is 2.37. The highest BCUT2D eigenvalue weighted by Gasteiger charge is 2.20. The standard InChI is InChI=1S/C20H20N4S/c1-2-6-17(24-12-10-21-11-13-24)15(5-1)22-16-9-8-14-4-3-7-18-19(14)20(16)23-25-18/h1-7,9,21-22H,8,10-13H2. The van der Waals surface area contributed by atoms with Crippen LogP contribution in [0.3, 0.4) is 0 Å². The Morgan fingerprint density at radius 2 is 1.92 bits per heavy atom. The molecule has 4 nitrogen and oxygen atoms in total. The van der Waals surface area contributed by atoms with E-state index in [1.165, 1.54) is 21.3 Å². The Morgan fingerprint density at radius 1 is 1.04 bits per heavy atom. The van der Waals surface area contributed by atoms with Gasteiger partial charge in [-0.2, -0.15) is 4.37 Å². The number of hydrogen-bond acceptors (Lipinski definition) is 5. The summed E-state index contributed by atoms with van der Waals surface area (Å²) in [6.45, 7) is 4.16. The second kappa shape index (κ2) is 6.17. The van der Waals surface area contributed by atoms with E-state index in [1.54, 1.807) is 11.5 Å². The van der Waals surface area contributed by atoms with Crippen molar-refractivity contribution in [3.63, 3.8) is 0 Å². The van der Waals surface area contributed by atoms with Gasteiger partial charge in [0.2, 0.25) is 0 Å². The lowest BCUT2D eigenvalue weighted by atomic mass is 9.98. The summed E-state index contributed by atoms with van der Waals surface area (Å²) in [5.41, 5.74) is 6.04. The van der Waals surface area contributed by atoms with E-state index in [9.17, 15) is 0 Å². The second-order valence-electron chi connectivity index (χ2n) is 6.52. The summed E-state index contributed by atoms with van der Waals surface area (Å²) in [5, 5.41) is 8.42. The second-order valence-corrected chi connectivity index (χ2v) is 7.33. The Morgan fingerprint density at radius 3 is 2.84 bits per heavy atom. The summed E-state index contributed by atoms with van der Waals surface area (Å²) in [4.78, 5) is 2.45. The third kappa shape index (κ3) is 2.60. The van der Waals surface area contributed by atoms with Crippen molar-refractivity contribution in [2.45, 2.75) is 6.42 Å². The maximum atomic E-state index is 4.73. The molecule has 126 valence electrons. The molecule has 1 aliphatic carbocycles. The van der Waals surface area contributed by atoms with Gasteiger partial charge < -0.3 is 15.5 Å². The Labute approximate surface area is 151 Å². The molecule has 5 rings (SSSR count). The van der Waals surface area contributed by atoms with Crippen LogP contribution in [-0.2, 0) is 6.42 Å². The first-order valence-electron chi connectivity index (χ1n) is 8.80. The molecule has 1 saturated heterocycles. The largest absolute Gasteiger partial charge is 0.367 e. The van der Waals surface area contributed by atoms with E-state index >= 15 is 0 Å². The van der Waals surface area contributed by atoms with Crippen molar-refractivity contribution in [1.29, 1.82) is 0 Å². The lowest BCUT2D eigenvalue weighted by Crippen LogP contribution is -2.43. The van der Waals surface area contributed by atoms with Gasteiger partial charge in [0, 0.05) is 31.6 Å². The molecule has 2 aromatic carbocycles. The highest BCUT2D eigenvalue weighted by molar-refractivity contribution is 7.13. The van der Waals surface area contributed by atoms with Crippen molar-refractivity contribution in [1.82, 2.24) is 9.69 Å². The van der Waals surface area contributed by atoms with Crippen LogP contribution in [0.5, 0.6) is 0 Å². The van der Waals surface area contributed by atoms with Crippen molar-refractivity contribution in [3.05, 3.63) is 59.8 Å². The topological polar surface area (TPSA) is 40.2 Å². The number of nitrogens with zero attached hydrogens (tertiary/aromatic N) is 2. The summed E-state index contributed by atoms with van der Waals surface area (Å²) >= 11 is 1.59. The van der Waals surface area contributed by atoms with Crippen LogP contribution in [0.15, 0.2) is 48.5 Å². The molecule has 2 N–H and O–H groups in total. The van der Waals surface area contributed by atoms with Gasteiger partial charge in [-0.15, -0.1) is 0 Å². The predicted octanol–water partition coefficient (Wildman–Crippen LogP) is 3.72. The zero-order valence-electron chi connectivity index (χ0n) is 14.0. The molecule has 1 aliphatic heterocycles. The molecular weight excluding hydrogens is 328 g/mol. The molecule has 0 unspecified atom stereocenters. The number of hydrogen-bond donors (Lipinski definition) is 2. The third-order valence-corrected chi connectivity index (χ3v) is 5.81. The lowest BCUT2D eigenvalue weighted by molar-refractivity contribution is 0.589. The number of para-hydroxylation sites is 2. The van der Waals surface area contributed by atoms with Gasteiger partial charge in [0.1, 0.15) is 5.69 Å². The average molecular weight is 348 g/mol. The molecule has 2 heterocycles. The Hall–Kier alpha value is -2.37. The molecule has 0 bridgehead atoms. The summed E-state index contributed by atoms with van der Waals surface area (Å²) in [7, 11) is 0. The third-order valence-electron chi connectivity index (χ3n) is 5.00. The summed E-state index contributed by atoms with van der Waals surface area (Å²) in [5.74, 6) is 0. The molecule has 5 heteroatoms. The molecule has 1 fully saturated rings. The van der Waals surface area contributed by atoms with Gasteiger partial charge in [-0.25, -0.2) is 0 Å². The molecule has 1 aromatic heterocycles. The van der Waals surface area contributed by atoms with E-state index in [0.29, 0.717) is 0 Å². The molecule has 0 atom stereocenters. The van der Waals surface area contributed by atoms with Gasteiger partial charge in [0.15, 0.2) is 0 Å². The zero-order valence-corrected chi connectivity index (χ0v) is 14.8. The van der Waals surface area contributed by atoms with Crippen LogP contribution < -0.4 is 15.5 Å². The van der Waals surface area contributed by atoms with Crippen LogP contribution in [0, 0.1) is 0 Å². The predicted molar refractivity (Wildman–Crippen MR) is 106 cm³/mol. The van der Waals surface area contributed by atoms with Crippen molar-refractivity contribution in [3.8, 4) is 0 Å². The van der Waals surface area contributed by atoms with Gasteiger partial charge in [-0.1, -0.05) is 30.3 Å². The number of piperazine rings is 1. The highest BCUT2D eigenvalue weighted by atomic mass is 32.1. The molecule has 25 heavy (non-hydrogen) atoms. The Kier molecular flexibility index (Phi) is 3.68. The van der Waals surface area contributed by atoms with E-state index in [4.69, 9.17) is 4.37 Å². The maximum Gasteiger partial charge on any atom is 0.108 e. The fourth-order valence-corrected chi connectivity index (χ4v) is 4.58. The fraction of sp³-hybridized carbons (Fsp3) is 0.250. The average Bonchev–Trinajstić information content (AvgIpc) is 3.11. The zero-order chi connectivity index (χ0) is 16.6. The number of nitrogens with one attached hydrogen (secondary N) is 2. The van der Waals surface area contributed by atoms with Crippen LogP contribution in [-0.4, -0.2) is 30.6 Å². The normalized spacial score (nSPS) is 16.8. The Bertz CT molecular complexity index is 953. The van der Waals surface area contributed by atoms with Crippen molar-refractivity contribution in [2.75, 3.05) is 36.4 Å². The molecule has 0 spiro atoms. The van der Waals surface area contributed by atoms with Crippen LogP contribution in [0.25, 0.3) is 15.8 Å². The van der Waals surface area contributed by atoms with Gasteiger partial charge in [-0.3, -0.25) is 0 Å². The molecule has 0 amide bonds. The van der Waals surface area contributed by atoms with Crippen molar-refractivity contribution < 1.29 is 0 Å². The first-order valence-corrected chi connectivity index (χ1v) is 9.57. The number of anilines is 2. The number of aromatic nitrogens is 1. The van der Waals surface area contributed by atoms with E-state index in [1.807, 2.05) is 0 Å². The SMILES string of the molecule is C1=C(Nc2ccccc2N2CCNCC2)c2nsc3cccc(c23)C1. The van der Waals surface area contributed by atoms with Gasteiger partial charge >= 0.3 is 0 Å². The maximum absolute atomic E-state index is 4.73. The van der Waals surface area contributed by atoms with E-state index < -0.39 is 0 Å². The Balaban J connectivity index is 1.50. The quantitative estimate of drug-likeness (QED) is 0.757. The monoisotopic (exact) mass is 348 g/mol. The number of allylic oxidation sites excluding steroid dienone is 1.